The van der Waals surface area contributed by atoms with Crippen LogP contribution in [0.25, 0.3) is 6.08 Å². The fraction of sp³-hybridized carbons (Fsp3) is 0.444. The molecule has 1 fully saturated rings. The van der Waals surface area contributed by atoms with Crippen LogP contribution in [0.1, 0.15) is 48.1 Å². The van der Waals surface area contributed by atoms with Gasteiger partial charge in [-0.2, -0.15) is 0 Å². The van der Waals surface area contributed by atoms with Gasteiger partial charge in [-0.05, 0) is 60.9 Å². The lowest BCUT2D eigenvalue weighted by Crippen LogP contribution is -3.28. The van der Waals surface area contributed by atoms with Gasteiger partial charge in [0.25, 0.3) is 5.91 Å². The molecule has 164 valence electrons. The summed E-state index contributed by atoms with van der Waals surface area (Å²) in [6, 6.07) is 17.3. The molecule has 4 heteroatoms. The molecule has 4 nitrogen and oxygen atoms in total. The summed E-state index contributed by atoms with van der Waals surface area (Å²) in [7, 11) is 0. The van der Waals surface area contributed by atoms with Gasteiger partial charge in [-0.15, -0.1) is 0 Å². The maximum Gasteiger partial charge on any atom is 0.275 e. The number of carbonyl (C=O) groups is 1. The van der Waals surface area contributed by atoms with E-state index < -0.39 is 0 Å². The van der Waals surface area contributed by atoms with E-state index in [0.717, 1.165) is 32.7 Å². The molecule has 1 aliphatic carbocycles. The summed E-state index contributed by atoms with van der Waals surface area (Å²) in [6.45, 7) is 8.14. The van der Waals surface area contributed by atoms with Crippen molar-refractivity contribution in [1.29, 1.82) is 0 Å². The number of benzene rings is 2. The predicted molar refractivity (Wildman–Crippen MR) is 126 cm³/mol. The molecule has 0 unspecified atom stereocenters. The molecule has 2 aromatic rings. The Labute approximate surface area is 186 Å². The first kappa shape index (κ1) is 21.8. The third-order valence-corrected chi connectivity index (χ3v) is 6.84. The lowest BCUT2D eigenvalue weighted by molar-refractivity contribution is -1.01. The highest BCUT2D eigenvalue weighted by Gasteiger charge is 2.24. The van der Waals surface area contributed by atoms with Gasteiger partial charge >= 0.3 is 0 Å². The fourth-order valence-electron chi connectivity index (χ4n) is 4.89. The molecule has 1 aliphatic heterocycles. The van der Waals surface area contributed by atoms with E-state index in [4.69, 9.17) is 0 Å². The normalized spacial score (nSPS) is 22.1. The van der Waals surface area contributed by atoms with E-state index in [1.54, 1.807) is 4.90 Å². The first-order valence-electron chi connectivity index (χ1n) is 12.0. The predicted octanol–water partition coefficient (Wildman–Crippen LogP) is 1.24. The van der Waals surface area contributed by atoms with Crippen molar-refractivity contribution in [3.63, 3.8) is 0 Å². The molecular formula is C27H37N3O+2. The number of fused-ring (bicyclic) bond motifs is 1. The maximum absolute atomic E-state index is 12.6. The Bertz CT molecular complexity index is 885. The van der Waals surface area contributed by atoms with Crippen LogP contribution in [0.15, 0.2) is 54.6 Å². The van der Waals surface area contributed by atoms with Crippen molar-refractivity contribution in [3.8, 4) is 0 Å². The monoisotopic (exact) mass is 419 g/mol. The molecule has 0 spiro atoms. The minimum atomic E-state index is 0.0779. The SMILES string of the molecule is C[C@@H](NC(=O)C[NH+]1CC[NH+](C/C=C/c2ccccc2)CC1)c1ccc2c(c1)CCCC2. The number of hydrogen-bond donors (Lipinski definition) is 3. The molecule has 1 saturated heterocycles. The summed E-state index contributed by atoms with van der Waals surface area (Å²) in [4.78, 5) is 15.7. The molecular weight excluding hydrogens is 382 g/mol. The number of piperazine rings is 1. The Balaban J connectivity index is 1.19. The van der Waals surface area contributed by atoms with Crippen LogP contribution >= 0.6 is 0 Å². The second kappa shape index (κ2) is 10.7. The van der Waals surface area contributed by atoms with Crippen LogP contribution in [0.2, 0.25) is 0 Å². The molecule has 0 bridgehead atoms. The Kier molecular flexibility index (Phi) is 7.55. The first-order chi connectivity index (χ1) is 15.2. The standard InChI is InChI=1S/C27H35N3O/c1-22(25-14-13-24-11-5-6-12-26(24)20-25)28-27(31)21-30-18-16-29(17-19-30)15-7-10-23-8-3-2-4-9-23/h2-4,7-10,13-14,20,22H,5-6,11-12,15-19,21H2,1H3,(H,28,31)/p+2/b10-7+/t22-/m1/s1. The highest BCUT2D eigenvalue weighted by molar-refractivity contribution is 5.77. The van der Waals surface area contributed by atoms with E-state index in [2.05, 4.69) is 66.9 Å². The third-order valence-electron chi connectivity index (χ3n) is 6.84. The second-order valence-corrected chi connectivity index (χ2v) is 9.22. The Morgan fingerprint density at radius 1 is 0.968 bits per heavy atom. The molecule has 1 amide bonds. The molecule has 1 heterocycles. The summed E-state index contributed by atoms with van der Waals surface area (Å²) >= 11 is 0. The number of carbonyl (C=O) groups excluding carboxylic acids is 1. The van der Waals surface area contributed by atoms with Crippen molar-refractivity contribution in [2.45, 2.75) is 38.6 Å². The molecule has 0 aromatic heterocycles. The van der Waals surface area contributed by atoms with Gasteiger partial charge in [0, 0.05) is 0 Å². The van der Waals surface area contributed by atoms with Crippen LogP contribution in [0, 0.1) is 0 Å². The molecule has 1 atom stereocenters. The number of rotatable bonds is 7. The molecule has 2 aliphatic rings. The average Bonchev–Trinajstić information content (AvgIpc) is 2.80. The highest BCUT2D eigenvalue weighted by Crippen LogP contribution is 2.24. The topological polar surface area (TPSA) is 38.0 Å². The van der Waals surface area contributed by atoms with Crippen molar-refractivity contribution < 1.29 is 14.6 Å². The molecule has 31 heavy (non-hydrogen) atoms. The van der Waals surface area contributed by atoms with E-state index in [-0.39, 0.29) is 11.9 Å². The summed E-state index contributed by atoms with van der Waals surface area (Å²) in [6.07, 6.45) is 9.47. The molecule has 3 N–H and O–H groups in total. The summed E-state index contributed by atoms with van der Waals surface area (Å²) in [5.74, 6) is 0.174. The molecule has 2 aromatic carbocycles. The Morgan fingerprint density at radius 2 is 1.68 bits per heavy atom. The van der Waals surface area contributed by atoms with Crippen LogP contribution in [0.4, 0.5) is 0 Å². The fourth-order valence-corrected chi connectivity index (χ4v) is 4.89. The summed E-state index contributed by atoms with van der Waals surface area (Å²) in [5, 5.41) is 3.24. The van der Waals surface area contributed by atoms with Crippen molar-refractivity contribution in [2.24, 2.45) is 0 Å². The lowest BCUT2D eigenvalue weighted by Gasteiger charge is -2.29. The number of quaternary nitrogens is 2. The number of nitrogens with one attached hydrogen (secondary N) is 3. The van der Waals surface area contributed by atoms with Crippen LogP contribution in [-0.4, -0.2) is 45.2 Å². The van der Waals surface area contributed by atoms with E-state index in [1.165, 1.54) is 52.8 Å². The van der Waals surface area contributed by atoms with Gasteiger partial charge in [0.1, 0.15) is 26.2 Å². The number of hydrogen-bond acceptors (Lipinski definition) is 1. The molecule has 0 radical (unpaired) electrons. The van der Waals surface area contributed by atoms with Crippen molar-refractivity contribution in [2.75, 3.05) is 39.3 Å². The van der Waals surface area contributed by atoms with Crippen molar-refractivity contribution in [1.82, 2.24) is 5.32 Å². The minimum absolute atomic E-state index is 0.0779. The summed E-state index contributed by atoms with van der Waals surface area (Å²) < 4.78 is 0. The first-order valence-corrected chi connectivity index (χ1v) is 12.0. The van der Waals surface area contributed by atoms with Gasteiger partial charge in [0.2, 0.25) is 0 Å². The second-order valence-electron chi connectivity index (χ2n) is 9.22. The zero-order chi connectivity index (χ0) is 21.5. The van der Waals surface area contributed by atoms with Crippen LogP contribution in [0.3, 0.4) is 0 Å². The van der Waals surface area contributed by atoms with Crippen LogP contribution in [-0.2, 0) is 17.6 Å². The zero-order valence-corrected chi connectivity index (χ0v) is 18.8. The number of amides is 1. The highest BCUT2D eigenvalue weighted by atomic mass is 16.2. The van der Waals surface area contributed by atoms with Gasteiger partial charge in [-0.3, -0.25) is 4.79 Å². The van der Waals surface area contributed by atoms with Crippen LogP contribution in [0.5, 0.6) is 0 Å². The van der Waals surface area contributed by atoms with Gasteiger partial charge in [-0.25, -0.2) is 0 Å². The third kappa shape index (κ3) is 6.28. The largest absolute Gasteiger partial charge is 0.345 e. The van der Waals surface area contributed by atoms with Crippen molar-refractivity contribution in [3.05, 3.63) is 76.9 Å². The Morgan fingerprint density at radius 3 is 2.45 bits per heavy atom. The maximum atomic E-state index is 12.6. The van der Waals surface area contributed by atoms with Gasteiger partial charge < -0.3 is 15.1 Å². The molecule has 4 rings (SSSR count). The van der Waals surface area contributed by atoms with Crippen LogP contribution < -0.4 is 15.1 Å². The lowest BCUT2D eigenvalue weighted by atomic mass is 9.89. The average molecular weight is 420 g/mol. The van der Waals surface area contributed by atoms with E-state index in [0.29, 0.717) is 6.54 Å². The van der Waals surface area contributed by atoms with E-state index in [1.807, 2.05) is 6.07 Å². The van der Waals surface area contributed by atoms with Gasteiger partial charge in [0.15, 0.2) is 6.54 Å². The quantitative estimate of drug-likeness (QED) is 0.621. The molecule has 0 saturated carbocycles. The van der Waals surface area contributed by atoms with Crippen molar-refractivity contribution >= 4 is 12.0 Å². The van der Waals surface area contributed by atoms with E-state index >= 15 is 0 Å². The zero-order valence-electron chi connectivity index (χ0n) is 18.8. The smallest absolute Gasteiger partial charge is 0.275 e. The Hall–Kier alpha value is -2.43. The van der Waals surface area contributed by atoms with Gasteiger partial charge in [0.05, 0.1) is 12.6 Å². The minimum Gasteiger partial charge on any atom is -0.345 e. The van der Waals surface area contributed by atoms with E-state index in [9.17, 15) is 4.79 Å². The number of aryl methyl sites for hydroxylation is 2. The summed E-state index contributed by atoms with van der Waals surface area (Å²) in [5.41, 5.74) is 5.48. The van der Waals surface area contributed by atoms with Gasteiger partial charge in [-0.1, -0.05) is 54.6 Å².